The summed E-state index contributed by atoms with van der Waals surface area (Å²) in [6, 6.07) is 6.88. The normalized spacial score (nSPS) is 30.3. The van der Waals surface area contributed by atoms with Crippen molar-refractivity contribution in [2.45, 2.75) is 92.3 Å². The van der Waals surface area contributed by atoms with Crippen LogP contribution in [0.3, 0.4) is 0 Å². The summed E-state index contributed by atoms with van der Waals surface area (Å²) < 4.78 is 11.7. The Kier molecular flexibility index (Phi) is 6.64. The van der Waals surface area contributed by atoms with Crippen LogP contribution in [-0.2, 0) is 9.47 Å². The quantitative estimate of drug-likeness (QED) is 0.533. The predicted molar refractivity (Wildman–Crippen MR) is 118 cm³/mol. The molecular weight excluding hydrogens is 376 g/mol. The SMILES string of the molecule is CC1CC(OC(=O)c2ccccc2C(=O)O[C@@H]2C[C@H](C)CC(C)(C)C2)CC(C)(C)C1. The van der Waals surface area contributed by atoms with E-state index in [9.17, 15) is 9.59 Å². The highest BCUT2D eigenvalue weighted by Gasteiger charge is 2.36. The van der Waals surface area contributed by atoms with E-state index in [-0.39, 0.29) is 23.0 Å². The largest absolute Gasteiger partial charge is 0.459 e. The summed E-state index contributed by atoms with van der Waals surface area (Å²) in [5.74, 6) is 0.191. The fraction of sp³-hybridized carbons (Fsp3) is 0.692. The Morgan fingerprint density at radius 1 is 0.733 bits per heavy atom. The van der Waals surface area contributed by atoms with E-state index in [1.54, 1.807) is 24.3 Å². The lowest BCUT2D eigenvalue weighted by molar-refractivity contribution is -0.0112. The van der Waals surface area contributed by atoms with Crippen LogP contribution >= 0.6 is 0 Å². The van der Waals surface area contributed by atoms with Gasteiger partial charge in [0.25, 0.3) is 0 Å². The molecule has 2 unspecified atom stereocenters. The Morgan fingerprint density at radius 2 is 1.10 bits per heavy atom. The lowest BCUT2D eigenvalue weighted by Gasteiger charge is -2.38. The van der Waals surface area contributed by atoms with Crippen molar-refractivity contribution in [3.63, 3.8) is 0 Å². The molecule has 0 saturated heterocycles. The van der Waals surface area contributed by atoms with Crippen LogP contribution in [0.25, 0.3) is 0 Å². The van der Waals surface area contributed by atoms with Gasteiger partial charge in [0, 0.05) is 0 Å². The Balaban J connectivity index is 1.70. The second-order valence-electron chi connectivity index (χ2n) is 11.4. The molecule has 0 heterocycles. The maximum atomic E-state index is 13.0. The Bertz CT molecular complexity index is 714. The van der Waals surface area contributed by atoms with Crippen LogP contribution in [0.4, 0.5) is 0 Å². The van der Waals surface area contributed by atoms with Crippen LogP contribution in [0.1, 0.15) is 101 Å². The first-order valence-electron chi connectivity index (χ1n) is 11.5. The van der Waals surface area contributed by atoms with Gasteiger partial charge >= 0.3 is 11.9 Å². The van der Waals surface area contributed by atoms with Crippen molar-refractivity contribution < 1.29 is 19.1 Å². The molecule has 166 valence electrons. The third kappa shape index (κ3) is 5.86. The van der Waals surface area contributed by atoms with Gasteiger partial charge in [-0.15, -0.1) is 0 Å². The monoisotopic (exact) mass is 414 g/mol. The topological polar surface area (TPSA) is 52.6 Å². The minimum atomic E-state index is -0.421. The zero-order chi connectivity index (χ0) is 22.1. The molecule has 1 aromatic rings. The van der Waals surface area contributed by atoms with Gasteiger partial charge in [0.2, 0.25) is 0 Å². The average molecular weight is 415 g/mol. The lowest BCUT2D eigenvalue weighted by atomic mass is 9.71. The molecule has 0 spiro atoms. The lowest BCUT2D eigenvalue weighted by Crippen LogP contribution is -2.35. The first kappa shape index (κ1) is 22.8. The van der Waals surface area contributed by atoms with Gasteiger partial charge in [-0.3, -0.25) is 0 Å². The maximum Gasteiger partial charge on any atom is 0.339 e. The van der Waals surface area contributed by atoms with E-state index in [1.165, 1.54) is 0 Å². The molecule has 0 aliphatic heterocycles. The van der Waals surface area contributed by atoms with Crippen molar-refractivity contribution in [2.24, 2.45) is 22.7 Å². The van der Waals surface area contributed by atoms with Crippen LogP contribution in [0.2, 0.25) is 0 Å². The molecule has 0 amide bonds. The Labute approximate surface area is 181 Å². The molecule has 2 saturated carbocycles. The molecule has 0 bridgehead atoms. The molecule has 4 heteroatoms. The highest BCUT2D eigenvalue weighted by Crippen LogP contribution is 2.41. The van der Waals surface area contributed by atoms with Gasteiger partial charge in [-0.25, -0.2) is 9.59 Å². The van der Waals surface area contributed by atoms with E-state index >= 15 is 0 Å². The van der Waals surface area contributed by atoms with Gasteiger partial charge in [-0.1, -0.05) is 53.7 Å². The minimum Gasteiger partial charge on any atom is -0.459 e. The molecule has 2 aliphatic rings. The van der Waals surface area contributed by atoms with Crippen molar-refractivity contribution in [1.82, 2.24) is 0 Å². The van der Waals surface area contributed by atoms with E-state index < -0.39 is 11.9 Å². The van der Waals surface area contributed by atoms with E-state index in [4.69, 9.17) is 9.47 Å². The second kappa shape index (κ2) is 8.72. The van der Waals surface area contributed by atoms with Crippen LogP contribution in [0.5, 0.6) is 0 Å². The first-order chi connectivity index (χ1) is 13.9. The summed E-state index contributed by atoms with van der Waals surface area (Å²) in [7, 11) is 0. The number of benzene rings is 1. The Hall–Kier alpha value is -1.84. The summed E-state index contributed by atoms with van der Waals surface area (Å²) in [5, 5.41) is 0. The molecule has 0 aromatic heterocycles. The Morgan fingerprint density at radius 3 is 1.43 bits per heavy atom. The predicted octanol–water partition coefficient (Wildman–Crippen LogP) is 6.43. The first-order valence-corrected chi connectivity index (χ1v) is 11.5. The van der Waals surface area contributed by atoms with Crippen molar-refractivity contribution in [2.75, 3.05) is 0 Å². The second-order valence-corrected chi connectivity index (χ2v) is 11.4. The van der Waals surface area contributed by atoms with Crippen molar-refractivity contribution in [1.29, 1.82) is 0 Å². The summed E-state index contributed by atoms with van der Waals surface area (Å²) in [6.45, 7) is 13.3. The van der Waals surface area contributed by atoms with Crippen LogP contribution in [0, 0.1) is 22.7 Å². The number of ether oxygens (including phenoxy) is 2. The third-order valence-corrected chi connectivity index (χ3v) is 6.61. The number of carbonyl (C=O) groups excluding carboxylic acids is 2. The summed E-state index contributed by atoms with van der Waals surface area (Å²) in [6.07, 6.45) is 5.50. The fourth-order valence-electron chi connectivity index (χ4n) is 5.97. The van der Waals surface area contributed by atoms with Crippen LogP contribution in [0.15, 0.2) is 24.3 Å². The molecule has 4 atom stereocenters. The number of hydrogen-bond acceptors (Lipinski definition) is 4. The molecule has 2 aliphatic carbocycles. The summed E-state index contributed by atoms with van der Waals surface area (Å²) >= 11 is 0. The summed E-state index contributed by atoms with van der Waals surface area (Å²) in [4.78, 5) is 25.9. The average Bonchev–Trinajstić information content (AvgIpc) is 2.58. The van der Waals surface area contributed by atoms with Crippen molar-refractivity contribution >= 4 is 11.9 Å². The zero-order valence-corrected chi connectivity index (χ0v) is 19.5. The van der Waals surface area contributed by atoms with Gasteiger partial charge in [0.15, 0.2) is 0 Å². The molecule has 0 radical (unpaired) electrons. The number of hydrogen-bond donors (Lipinski definition) is 0. The van der Waals surface area contributed by atoms with Gasteiger partial charge in [-0.05, 0) is 73.3 Å². The highest BCUT2D eigenvalue weighted by atomic mass is 16.6. The molecule has 3 rings (SSSR count). The number of esters is 2. The van der Waals surface area contributed by atoms with Crippen LogP contribution < -0.4 is 0 Å². The molecule has 2 fully saturated rings. The van der Waals surface area contributed by atoms with Gasteiger partial charge in [0.1, 0.15) is 12.2 Å². The van der Waals surface area contributed by atoms with Crippen LogP contribution in [-0.4, -0.2) is 24.1 Å². The van der Waals surface area contributed by atoms with Crippen molar-refractivity contribution in [3.05, 3.63) is 35.4 Å². The standard InChI is InChI=1S/C26H38O4/c1-17-11-19(15-25(3,4)13-17)29-23(27)21-9-7-8-10-22(21)24(28)30-20-12-18(2)14-26(5,6)16-20/h7-10,17-20H,11-16H2,1-6H3/t17-,18?,19+,20?/m0/s1. The fourth-order valence-corrected chi connectivity index (χ4v) is 5.97. The molecule has 30 heavy (non-hydrogen) atoms. The van der Waals surface area contributed by atoms with E-state index in [0.29, 0.717) is 23.0 Å². The van der Waals surface area contributed by atoms with Gasteiger partial charge in [0.05, 0.1) is 11.1 Å². The smallest absolute Gasteiger partial charge is 0.339 e. The number of rotatable bonds is 4. The van der Waals surface area contributed by atoms with Gasteiger partial charge < -0.3 is 9.47 Å². The maximum absolute atomic E-state index is 13.0. The third-order valence-electron chi connectivity index (χ3n) is 6.61. The zero-order valence-electron chi connectivity index (χ0n) is 19.5. The number of carbonyl (C=O) groups is 2. The minimum absolute atomic E-state index is 0.111. The molecule has 1 aromatic carbocycles. The van der Waals surface area contributed by atoms with Crippen molar-refractivity contribution in [3.8, 4) is 0 Å². The van der Waals surface area contributed by atoms with E-state index in [1.807, 2.05) is 0 Å². The van der Waals surface area contributed by atoms with E-state index in [0.717, 1.165) is 38.5 Å². The molecule has 4 nitrogen and oxygen atoms in total. The van der Waals surface area contributed by atoms with E-state index in [2.05, 4.69) is 41.5 Å². The molecule has 0 N–H and O–H groups in total. The highest BCUT2D eigenvalue weighted by molar-refractivity contribution is 6.03. The summed E-state index contributed by atoms with van der Waals surface area (Å²) in [5.41, 5.74) is 0.931. The van der Waals surface area contributed by atoms with Gasteiger partial charge in [-0.2, -0.15) is 0 Å². The molecular formula is C26H38O4.